The molecule has 1 heterocycles. The van der Waals surface area contributed by atoms with E-state index >= 15 is 0 Å². The Morgan fingerprint density at radius 2 is 2.22 bits per heavy atom. The lowest BCUT2D eigenvalue weighted by molar-refractivity contribution is -0.0708. The predicted octanol–water partition coefficient (Wildman–Crippen LogP) is 4.52. The summed E-state index contributed by atoms with van der Waals surface area (Å²) in [5, 5.41) is 3.64. The highest BCUT2D eigenvalue weighted by atomic mass is 79.9. The van der Waals surface area contributed by atoms with Crippen LogP contribution in [-0.2, 0) is 4.74 Å². The van der Waals surface area contributed by atoms with Crippen molar-refractivity contribution >= 4 is 21.6 Å². The molecule has 1 N–H and O–H groups in total. The minimum absolute atomic E-state index is 0.0387. The number of nitrogens with one attached hydrogen (secondary N) is 1. The van der Waals surface area contributed by atoms with E-state index in [0.29, 0.717) is 6.04 Å². The number of ether oxygens (including phenoxy) is 1. The molecule has 0 aromatic heterocycles. The van der Waals surface area contributed by atoms with Gasteiger partial charge in [0.15, 0.2) is 0 Å². The predicted molar refractivity (Wildman–Crippen MR) is 80.2 cm³/mol. The summed E-state index contributed by atoms with van der Waals surface area (Å²) in [5.74, 6) is 0. The van der Waals surface area contributed by atoms with Crippen molar-refractivity contribution in [3.63, 3.8) is 0 Å². The molecular weight excluding hydrogens is 290 g/mol. The van der Waals surface area contributed by atoms with E-state index in [-0.39, 0.29) is 5.60 Å². The second kappa shape index (κ2) is 5.62. The SMILES string of the molecule is CCC1(C)CC(Nc2cc(C)cc(Br)c2)CCO1. The first-order valence-corrected chi connectivity index (χ1v) is 7.48. The fourth-order valence-corrected chi connectivity index (χ4v) is 3.16. The zero-order valence-electron chi connectivity index (χ0n) is 11.4. The molecule has 3 heteroatoms. The van der Waals surface area contributed by atoms with Crippen LogP contribution in [0.3, 0.4) is 0 Å². The standard InChI is InChI=1S/C15H22BrNO/c1-4-15(3)10-13(5-6-18-15)17-14-8-11(2)7-12(16)9-14/h7-9,13,17H,4-6,10H2,1-3H3. The Morgan fingerprint density at radius 3 is 2.89 bits per heavy atom. The molecule has 1 aliphatic heterocycles. The number of aryl methyl sites for hydroxylation is 1. The molecule has 2 atom stereocenters. The molecule has 2 nitrogen and oxygen atoms in total. The molecular formula is C15H22BrNO. The Balaban J connectivity index is 2.04. The summed E-state index contributed by atoms with van der Waals surface area (Å²) in [6.45, 7) is 7.39. The molecule has 2 rings (SSSR count). The van der Waals surface area contributed by atoms with E-state index in [1.54, 1.807) is 0 Å². The van der Waals surface area contributed by atoms with E-state index < -0.39 is 0 Å². The van der Waals surface area contributed by atoms with Gasteiger partial charge in [0, 0.05) is 22.8 Å². The number of halogens is 1. The van der Waals surface area contributed by atoms with Gasteiger partial charge >= 0.3 is 0 Å². The van der Waals surface area contributed by atoms with Crippen molar-refractivity contribution < 1.29 is 4.74 Å². The van der Waals surface area contributed by atoms with Gasteiger partial charge in [-0.3, -0.25) is 0 Å². The second-order valence-corrected chi connectivity index (χ2v) is 6.42. The number of anilines is 1. The van der Waals surface area contributed by atoms with Gasteiger partial charge in [-0.1, -0.05) is 22.9 Å². The minimum atomic E-state index is 0.0387. The summed E-state index contributed by atoms with van der Waals surface area (Å²) >= 11 is 3.55. The molecule has 0 spiro atoms. The molecule has 1 aromatic carbocycles. The third-order valence-corrected chi connectivity index (χ3v) is 4.21. The van der Waals surface area contributed by atoms with Gasteiger partial charge in [0.1, 0.15) is 0 Å². The molecule has 1 aliphatic rings. The lowest BCUT2D eigenvalue weighted by atomic mass is 9.90. The van der Waals surface area contributed by atoms with Crippen molar-refractivity contribution in [3.05, 3.63) is 28.2 Å². The minimum Gasteiger partial charge on any atom is -0.382 e. The lowest BCUT2D eigenvalue weighted by Crippen LogP contribution is -2.41. The quantitative estimate of drug-likeness (QED) is 0.886. The maximum atomic E-state index is 5.88. The average Bonchev–Trinajstić information content (AvgIpc) is 2.27. The van der Waals surface area contributed by atoms with Crippen LogP contribution in [0.1, 0.15) is 38.7 Å². The zero-order valence-corrected chi connectivity index (χ0v) is 13.0. The fourth-order valence-electron chi connectivity index (χ4n) is 2.55. The molecule has 1 aromatic rings. The largest absolute Gasteiger partial charge is 0.382 e. The van der Waals surface area contributed by atoms with E-state index in [9.17, 15) is 0 Å². The molecule has 0 bridgehead atoms. The van der Waals surface area contributed by atoms with Crippen LogP contribution >= 0.6 is 15.9 Å². The van der Waals surface area contributed by atoms with Crippen molar-refractivity contribution in [3.8, 4) is 0 Å². The van der Waals surface area contributed by atoms with Gasteiger partial charge in [0.2, 0.25) is 0 Å². The van der Waals surface area contributed by atoms with Gasteiger partial charge in [-0.15, -0.1) is 0 Å². The van der Waals surface area contributed by atoms with Gasteiger partial charge in [-0.25, -0.2) is 0 Å². The Morgan fingerprint density at radius 1 is 1.44 bits per heavy atom. The monoisotopic (exact) mass is 311 g/mol. The first-order valence-electron chi connectivity index (χ1n) is 6.68. The van der Waals surface area contributed by atoms with E-state index in [1.165, 1.54) is 11.3 Å². The summed E-state index contributed by atoms with van der Waals surface area (Å²) in [5.41, 5.74) is 2.51. The van der Waals surface area contributed by atoms with Gasteiger partial charge in [0.05, 0.1) is 5.60 Å². The normalized spacial score (nSPS) is 28.1. The van der Waals surface area contributed by atoms with E-state index in [4.69, 9.17) is 4.74 Å². The van der Waals surface area contributed by atoms with Crippen molar-refractivity contribution in [2.24, 2.45) is 0 Å². The maximum absolute atomic E-state index is 5.88. The van der Waals surface area contributed by atoms with Crippen molar-refractivity contribution in [1.82, 2.24) is 0 Å². The van der Waals surface area contributed by atoms with Crippen LogP contribution in [-0.4, -0.2) is 18.2 Å². The van der Waals surface area contributed by atoms with Crippen LogP contribution in [0.2, 0.25) is 0 Å². The summed E-state index contributed by atoms with van der Waals surface area (Å²) < 4.78 is 7.02. The number of hydrogen-bond acceptors (Lipinski definition) is 2. The van der Waals surface area contributed by atoms with Crippen LogP contribution in [0.5, 0.6) is 0 Å². The Labute approximate surface area is 118 Å². The van der Waals surface area contributed by atoms with Crippen molar-refractivity contribution in [2.45, 2.75) is 51.7 Å². The van der Waals surface area contributed by atoms with E-state index in [0.717, 1.165) is 30.3 Å². The summed E-state index contributed by atoms with van der Waals surface area (Å²) in [6, 6.07) is 6.98. The lowest BCUT2D eigenvalue weighted by Gasteiger charge is -2.38. The summed E-state index contributed by atoms with van der Waals surface area (Å²) in [7, 11) is 0. The molecule has 18 heavy (non-hydrogen) atoms. The molecule has 1 saturated heterocycles. The summed E-state index contributed by atoms with van der Waals surface area (Å²) in [6.07, 6.45) is 3.24. The van der Waals surface area contributed by atoms with Gasteiger partial charge in [-0.2, -0.15) is 0 Å². The molecule has 2 unspecified atom stereocenters. The van der Waals surface area contributed by atoms with E-state index in [2.05, 4.69) is 60.2 Å². The van der Waals surface area contributed by atoms with Crippen LogP contribution in [0.15, 0.2) is 22.7 Å². The van der Waals surface area contributed by atoms with Gasteiger partial charge < -0.3 is 10.1 Å². The summed E-state index contributed by atoms with van der Waals surface area (Å²) in [4.78, 5) is 0. The number of benzene rings is 1. The first kappa shape index (κ1) is 13.9. The maximum Gasteiger partial charge on any atom is 0.0671 e. The second-order valence-electron chi connectivity index (χ2n) is 5.50. The van der Waals surface area contributed by atoms with Crippen LogP contribution in [0, 0.1) is 6.92 Å². The van der Waals surface area contributed by atoms with Gasteiger partial charge in [-0.05, 0) is 56.9 Å². The smallest absolute Gasteiger partial charge is 0.0671 e. The van der Waals surface area contributed by atoms with Crippen LogP contribution in [0.4, 0.5) is 5.69 Å². The van der Waals surface area contributed by atoms with Crippen LogP contribution in [0.25, 0.3) is 0 Å². The Kier molecular flexibility index (Phi) is 4.33. The molecule has 0 radical (unpaired) electrons. The average molecular weight is 312 g/mol. The molecule has 100 valence electrons. The first-order chi connectivity index (χ1) is 8.50. The zero-order chi connectivity index (χ0) is 13.2. The van der Waals surface area contributed by atoms with Gasteiger partial charge in [0.25, 0.3) is 0 Å². The third-order valence-electron chi connectivity index (χ3n) is 3.76. The molecule has 0 saturated carbocycles. The molecule has 0 amide bonds. The Hall–Kier alpha value is -0.540. The Bertz CT molecular complexity index is 401. The highest BCUT2D eigenvalue weighted by Crippen LogP contribution is 2.30. The fraction of sp³-hybridized carbons (Fsp3) is 0.600. The number of rotatable bonds is 3. The molecule has 1 fully saturated rings. The highest BCUT2D eigenvalue weighted by molar-refractivity contribution is 9.10. The number of hydrogen-bond donors (Lipinski definition) is 1. The van der Waals surface area contributed by atoms with E-state index in [1.807, 2.05) is 0 Å². The van der Waals surface area contributed by atoms with Crippen LogP contribution < -0.4 is 5.32 Å². The third kappa shape index (κ3) is 3.48. The topological polar surface area (TPSA) is 21.3 Å². The molecule has 0 aliphatic carbocycles. The van der Waals surface area contributed by atoms with Crippen molar-refractivity contribution in [1.29, 1.82) is 0 Å². The highest BCUT2D eigenvalue weighted by Gasteiger charge is 2.31. The van der Waals surface area contributed by atoms with Crippen molar-refractivity contribution in [2.75, 3.05) is 11.9 Å².